The first-order chi connectivity index (χ1) is 8.06. The van der Waals surface area contributed by atoms with Crippen LogP contribution in [0.25, 0.3) is 0 Å². The Kier molecular flexibility index (Phi) is 6.16. The summed E-state index contributed by atoms with van der Waals surface area (Å²) < 4.78 is 6.12. The highest BCUT2D eigenvalue weighted by molar-refractivity contribution is 9.09. The van der Waals surface area contributed by atoms with Crippen LogP contribution in [0.5, 0.6) is 0 Å². The fourth-order valence-electron chi connectivity index (χ4n) is 2.64. The second-order valence-corrected chi connectivity index (χ2v) is 8.81. The molecular weight excluding hydrogens is 298 g/mol. The first kappa shape index (κ1) is 15.2. The number of rotatable bonds is 5. The third kappa shape index (κ3) is 3.55. The minimum Gasteiger partial charge on any atom is -0.377 e. The quantitative estimate of drug-likeness (QED) is 0.622. The van der Waals surface area contributed by atoms with Gasteiger partial charge >= 0.3 is 0 Å². The highest BCUT2D eigenvalue weighted by Crippen LogP contribution is 2.32. The van der Waals surface area contributed by atoms with Crippen molar-refractivity contribution in [3.63, 3.8) is 0 Å². The molecule has 99 valence electrons. The van der Waals surface area contributed by atoms with Crippen molar-refractivity contribution in [3.8, 4) is 0 Å². The molecule has 0 aromatic rings. The number of amides is 1. The van der Waals surface area contributed by atoms with E-state index in [9.17, 15) is 4.79 Å². The lowest BCUT2D eigenvalue weighted by Gasteiger charge is -2.46. The highest BCUT2D eigenvalue weighted by atomic mass is 79.9. The molecule has 0 aromatic carbocycles. The Labute approximate surface area is 114 Å². The first-order valence-corrected chi connectivity index (χ1v) is 10.4. The third-order valence-electron chi connectivity index (χ3n) is 3.65. The zero-order valence-corrected chi connectivity index (χ0v) is 13.5. The molecule has 17 heavy (non-hydrogen) atoms. The van der Waals surface area contributed by atoms with E-state index in [-0.39, 0.29) is 17.2 Å². The summed E-state index contributed by atoms with van der Waals surface area (Å²) in [5.74, 6) is 0.0295. The van der Waals surface area contributed by atoms with Gasteiger partial charge in [-0.3, -0.25) is 4.79 Å². The van der Waals surface area contributed by atoms with E-state index in [4.69, 9.17) is 4.74 Å². The summed E-state index contributed by atoms with van der Waals surface area (Å²) in [5, 5.41) is 3.32. The maximum atomic E-state index is 11.6. The van der Waals surface area contributed by atoms with Gasteiger partial charge in [0.1, 0.15) is 0 Å². The van der Waals surface area contributed by atoms with Crippen molar-refractivity contribution in [1.29, 1.82) is 0 Å². The fourth-order valence-corrected chi connectivity index (χ4v) is 5.09. The number of hydrogen-bond donors (Lipinski definition) is 1. The topological polar surface area (TPSA) is 38.3 Å². The molecule has 0 spiro atoms. The molecule has 2 unspecified atom stereocenters. The van der Waals surface area contributed by atoms with E-state index in [1.165, 1.54) is 6.42 Å². The second-order valence-electron chi connectivity index (χ2n) is 4.96. The third-order valence-corrected chi connectivity index (χ3v) is 6.97. The number of alkyl halides is 1. The molecule has 1 saturated heterocycles. The predicted molar refractivity (Wildman–Crippen MR) is 77.1 cm³/mol. The van der Waals surface area contributed by atoms with Crippen molar-refractivity contribution in [1.82, 2.24) is 5.32 Å². The zero-order chi connectivity index (χ0) is 12.9. The smallest absolute Gasteiger partial charge is 0.230 e. The summed E-state index contributed by atoms with van der Waals surface area (Å²) >= 11 is 3.19. The van der Waals surface area contributed by atoms with E-state index in [0.29, 0.717) is 11.8 Å². The molecule has 3 nitrogen and oxygen atoms in total. The monoisotopic (exact) mass is 320 g/mol. The average Bonchev–Trinajstić information content (AvgIpc) is 2.36. The van der Waals surface area contributed by atoms with Crippen LogP contribution in [0.4, 0.5) is 0 Å². The lowest BCUT2D eigenvalue weighted by molar-refractivity contribution is -0.122. The lowest BCUT2D eigenvalue weighted by atomic mass is 9.99. The molecule has 1 rings (SSSR count). The molecule has 1 aliphatic rings. The van der Waals surface area contributed by atoms with Gasteiger partial charge in [-0.15, -0.1) is 0 Å². The SMILES string of the molecule is [CH2]CC(NC(=O)CBr)C1([SiH](C)C)CCCCO1. The Hall–Kier alpha value is 0.127. The van der Waals surface area contributed by atoms with Crippen LogP contribution in [0.1, 0.15) is 25.7 Å². The van der Waals surface area contributed by atoms with Crippen LogP contribution in [0.2, 0.25) is 13.1 Å². The Bertz CT molecular complexity index is 255. The molecule has 0 aliphatic carbocycles. The Morgan fingerprint density at radius 3 is 2.71 bits per heavy atom. The van der Waals surface area contributed by atoms with E-state index in [0.717, 1.165) is 19.4 Å². The largest absolute Gasteiger partial charge is 0.377 e. The van der Waals surface area contributed by atoms with Gasteiger partial charge in [0.15, 0.2) is 0 Å². The maximum Gasteiger partial charge on any atom is 0.230 e. The summed E-state index contributed by atoms with van der Waals surface area (Å²) in [5.41, 5.74) is 0. The van der Waals surface area contributed by atoms with Gasteiger partial charge in [0.2, 0.25) is 5.91 Å². The number of halogens is 1. The molecule has 2 atom stereocenters. The van der Waals surface area contributed by atoms with Gasteiger partial charge in [-0.25, -0.2) is 0 Å². The molecule has 1 N–H and O–H groups in total. The Balaban J connectivity index is 2.82. The average molecular weight is 321 g/mol. The number of carbonyl (C=O) groups is 1. The summed E-state index contributed by atoms with van der Waals surface area (Å²) in [6, 6.07) is 0.0690. The van der Waals surface area contributed by atoms with E-state index >= 15 is 0 Å². The normalized spacial score (nSPS) is 26.9. The molecule has 1 amide bonds. The predicted octanol–water partition coefficient (Wildman–Crippen LogP) is 2.06. The summed E-state index contributed by atoms with van der Waals surface area (Å²) in [6.07, 6.45) is 4.11. The van der Waals surface area contributed by atoms with E-state index in [2.05, 4.69) is 41.3 Å². The first-order valence-electron chi connectivity index (χ1n) is 6.35. The number of carbonyl (C=O) groups excluding carboxylic acids is 1. The van der Waals surface area contributed by atoms with Crippen molar-refractivity contribution in [3.05, 3.63) is 6.92 Å². The molecule has 1 fully saturated rings. The van der Waals surface area contributed by atoms with Gasteiger partial charge in [-0.2, -0.15) is 0 Å². The molecule has 1 heterocycles. The van der Waals surface area contributed by atoms with Gasteiger partial charge in [0.05, 0.1) is 25.4 Å². The molecule has 0 saturated carbocycles. The number of nitrogens with one attached hydrogen (secondary N) is 1. The highest BCUT2D eigenvalue weighted by Gasteiger charge is 2.44. The van der Waals surface area contributed by atoms with Gasteiger partial charge in [0.25, 0.3) is 0 Å². The van der Waals surface area contributed by atoms with Crippen molar-refractivity contribution in [2.24, 2.45) is 0 Å². The standard InChI is InChI=1S/C12H23BrNO2Si/c1-4-10(14-11(15)9-13)12(17(2)3)7-5-6-8-16-12/h10,17H,1,4-9H2,2-3H3,(H,14,15). The van der Waals surface area contributed by atoms with E-state index in [1.807, 2.05) is 0 Å². The van der Waals surface area contributed by atoms with Crippen LogP contribution < -0.4 is 5.32 Å². The molecule has 1 radical (unpaired) electrons. The fraction of sp³-hybridized carbons (Fsp3) is 0.833. The van der Waals surface area contributed by atoms with Gasteiger partial charge < -0.3 is 10.1 Å². The second kappa shape index (κ2) is 6.90. The van der Waals surface area contributed by atoms with Gasteiger partial charge in [0, 0.05) is 6.61 Å². The molecule has 0 aromatic heterocycles. The minimum absolute atomic E-state index is 0.0295. The lowest BCUT2D eigenvalue weighted by Crippen LogP contribution is -2.62. The summed E-state index contributed by atoms with van der Waals surface area (Å²) in [6.45, 7) is 9.41. The molecular formula is C12H23BrNO2Si. The van der Waals surface area contributed by atoms with Crippen LogP contribution in [-0.4, -0.2) is 37.9 Å². The number of hydrogen-bond acceptors (Lipinski definition) is 2. The minimum atomic E-state index is -1.03. The van der Waals surface area contributed by atoms with Crippen LogP contribution in [0, 0.1) is 6.92 Å². The van der Waals surface area contributed by atoms with Crippen LogP contribution in [0.3, 0.4) is 0 Å². The Morgan fingerprint density at radius 1 is 1.59 bits per heavy atom. The van der Waals surface area contributed by atoms with Crippen molar-refractivity contribution in [2.45, 2.75) is 50.0 Å². The number of ether oxygens (including phenoxy) is 1. The Morgan fingerprint density at radius 2 is 2.29 bits per heavy atom. The summed E-state index contributed by atoms with van der Waals surface area (Å²) in [4.78, 5) is 11.6. The molecule has 1 aliphatic heterocycles. The van der Waals surface area contributed by atoms with Crippen molar-refractivity contribution in [2.75, 3.05) is 11.9 Å². The van der Waals surface area contributed by atoms with Crippen molar-refractivity contribution < 1.29 is 9.53 Å². The van der Waals surface area contributed by atoms with Gasteiger partial charge in [-0.05, 0) is 25.7 Å². The van der Waals surface area contributed by atoms with E-state index in [1.54, 1.807) is 0 Å². The molecule has 0 bridgehead atoms. The summed E-state index contributed by atoms with van der Waals surface area (Å²) in [7, 11) is -1.03. The van der Waals surface area contributed by atoms with Crippen molar-refractivity contribution >= 4 is 30.6 Å². The van der Waals surface area contributed by atoms with Gasteiger partial charge in [-0.1, -0.05) is 35.9 Å². The van der Waals surface area contributed by atoms with Crippen LogP contribution in [-0.2, 0) is 9.53 Å². The maximum absolute atomic E-state index is 11.6. The van der Waals surface area contributed by atoms with Crippen LogP contribution in [0.15, 0.2) is 0 Å². The molecule has 5 heteroatoms. The zero-order valence-electron chi connectivity index (χ0n) is 10.8. The van der Waals surface area contributed by atoms with Crippen LogP contribution >= 0.6 is 15.9 Å². The van der Waals surface area contributed by atoms with E-state index < -0.39 is 8.80 Å².